The fraction of sp³-hybridized carbons (Fsp3) is 0.143. The van der Waals surface area contributed by atoms with Gasteiger partial charge in [-0.3, -0.25) is 0 Å². The fourth-order valence-corrected chi connectivity index (χ4v) is 2.17. The molecular formula is C7H7BrFNO2S. The molecule has 1 aromatic carbocycles. The summed E-state index contributed by atoms with van der Waals surface area (Å²) in [5.41, 5.74) is 0.413. The van der Waals surface area contributed by atoms with E-state index in [0.717, 1.165) is 6.07 Å². The number of hydrogen-bond donors (Lipinski definition) is 1. The zero-order valence-electron chi connectivity index (χ0n) is 6.71. The minimum absolute atomic E-state index is 0.187. The van der Waals surface area contributed by atoms with E-state index in [1.807, 2.05) is 0 Å². The lowest BCUT2D eigenvalue weighted by Crippen LogP contribution is -2.14. The van der Waals surface area contributed by atoms with Crippen molar-refractivity contribution in [3.8, 4) is 0 Å². The normalized spacial score (nSPS) is 11.7. The van der Waals surface area contributed by atoms with Gasteiger partial charge in [-0.2, -0.15) is 0 Å². The maximum Gasteiger partial charge on any atom is 0.238 e. The second-order valence-corrected chi connectivity index (χ2v) is 4.96. The summed E-state index contributed by atoms with van der Waals surface area (Å²) in [4.78, 5) is -0.187. The molecule has 0 aliphatic heterocycles. The van der Waals surface area contributed by atoms with Crippen LogP contribution in [0.3, 0.4) is 0 Å². The van der Waals surface area contributed by atoms with Gasteiger partial charge in [-0.1, -0.05) is 0 Å². The van der Waals surface area contributed by atoms with Crippen LogP contribution < -0.4 is 5.14 Å². The van der Waals surface area contributed by atoms with Crippen molar-refractivity contribution in [3.63, 3.8) is 0 Å². The lowest BCUT2D eigenvalue weighted by molar-refractivity contribution is 0.590. The van der Waals surface area contributed by atoms with Crippen molar-refractivity contribution in [2.45, 2.75) is 11.8 Å². The first-order chi connectivity index (χ1) is 5.82. The standard InChI is InChI=1S/C7H7BrFNO2S/c1-4-2-5(8)6(9)3-7(4)13(10,11)12/h2-3H,1H3,(H2,10,11,12). The van der Waals surface area contributed by atoms with Gasteiger partial charge in [0.1, 0.15) is 5.82 Å². The molecule has 0 heterocycles. The molecule has 1 aromatic rings. The Hall–Kier alpha value is -0.460. The second-order valence-electron chi connectivity index (χ2n) is 2.58. The molecule has 0 aliphatic carbocycles. The highest BCUT2D eigenvalue weighted by molar-refractivity contribution is 9.10. The Morgan fingerprint density at radius 1 is 1.46 bits per heavy atom. The number of primary sulfonamides is 1. The lowest BCUT2D eigenvalue weighted by atomic mass is 10.2. The van der Waals surface area contributed by atoms with Crippen molar-refractivity contribution in [1.82, 2.24) is 0 Å². The highest BCUT2D eigenvalue weighted by Gasteiger charge is 2.14. The molecule has 0 spiro atoms. The Balaban J connectivity index is 3.50. The monoisotopic (exact) mass is 267 g/mol. The summed E-state index contributed by atoms with van der Waals surface area (Å²) in [5.74, 6) is -0.644. The van der Waals surface area contributed by atoms with E-state index < -0.39 is 15.8 Å². The molecule has 0 amide bonds. The van der Waals surface area contributed by atoms with Crippen molar-refractivity contribution in [3.05, 3.63) is 28.0 Å². The molecule has 13 heavy (non-hydrogen) atoms. The van der Waals surface area contributed by atoms with Crippen LogP contribution in [0.5, 0.6) is 0 Å². The number of aryl methyl sites for hydroxylation is 1. The van der Waals surface area contributed by atoms with Gasteiger partial charge in [0.15, 0.2) is 0 Å². The average molecular weight is 268 g/mol. The Morgan fingerprint density at radius 2 is 2.00 bits per heavy atom. The van der Waals surface area contributed by atoms with E-state index in [4.69, 9.17) is 5.14 Å². The van der Waals surface area contributed by atoms with E-state index in [-0.39, 0.29) is 9.37 Å². The van der Waals surface area contributed by atoms with Crippen LogP contribution in [-0.4, -0.2) is 8.42 Å². The topological polar surface area (TPSA) is 60.2 Å². The van der Waals surface area contributed by atoms with E-state index in [9.17, 15) is 12.8 Å². The SMILES string of the molecule is Cc1cc(Br)c(F)cc1S(N)(=O)=O. The van der Waals surface area contributed by atoms with Gasteiger partial charge in [0, 0.05) is 0 Å². The molecule has 72 valence electrons. The third-order valence-electron chi connectivity index (χ3n) is 1.52. The van der Waals surface area contributed by atoms with Gasteiger partial charge < -0.3 is 0 Å². The Labute approximate surface area is 83.9 Å². The minimum Gasteiger partial charge on any atom is -0.225 e. The van der Waals surface area contributed by atoms with Crippen molar-refractivity contribution in [1.29, 1.82) is 0 Å². The first-order valence-electron chi connectivity index (χ1n) is 3.31. The Morgan fingerprint density at radius 3 is 2.46 bits per heavy atom. The van der Waals surface area contributed by atoms with Gasteiger partial charge in [-0.05, 0) is 40.5 Å². The zero-order valence-corrected chi connectivity index (χ0v) is 9.12. The van der Waals surface area contributed by atoms with Gasteiger partial charge in [0.2, 0.25) is 10.0 Å². The molecule has 0 unspecified atom stereocenters. The van der Waals surface area contributed by atoms with E-state index >= 15 is 0 Å². The van der Waals surface area contributed by atoms with Gasteiger partial charge in [0.25, 0.3) is 0 Å². The number of hydrogen-bond acceptors (Lipinski definition) is 2. The van der Waals surface area contributed by atoms with Crippen LogP contribution in [0.1, 0.15) is 5.56 Å². The summed E-state index contributed by atoms with van der Waals surface area (Å²) in [6.45, 7) is 1.55. The van der Waals surface area contributed by atoms with Gasteiger partial charge >= 0.3 is 0 Å². The third-order valence-corrected chi connectivity index (χ3v) is 3.18. The van der Waals surface area contributed by atoms with Crippen LogP contribution in [-0.2, 0) is 10.0 Å². The molecule has 0 radical (unpaired) electrons. The molecule has 6 heteroatoms. The van der Waals surface area contributed by atoms with Crippen LogP contribution in [0, 0.1) is 12.7 Å². The molecule has 2 N–H and O–H groups in total. The first-order valence-corrected chi connectivity index (χ1v) is 5.65. The number of sulfonamides is 1. The molecule has 0 atom stereocenters. The number of nitrogens with two attached hydrogens (primary N) is 1. The average Bonchev–Trinajstić information content (AvgIpc) is 1.94. The molecule has 1 rings (SSSR count). The van der Waals surface area contributed by atoms with Gasteiger partial charge in [-0.15, -0.1) is 0 Å². The molecular weight excluding hydrogens is 261 g/mol. The van der Waals surface area contributed by atoms with E-state index in [2.05, 4.69) is 15.9 Å². The maximum absolute atomic E-state index is 12.9. The number of benzene rings is 1. The summed E-state index contributed by atoms with van der Waals surface area (Å²) < 4.78 is 35.0. The summed E-state index contributed by atoms with van der Waals surface area (Å²) in [6, 6.07) is 2.27. The maximum atomic E-state index is 12.9. The highest BCUT2D eigenvalue weighted by Crippen LogP contribution is 2.22. The van der Waals surface area contributed by atoms with E-state index in [0.29, 0.717) is 5.56 Å². The molecule has 0 aliphatic rings. The number of rotatable bonds is 1. The van der Waals surface area contributed by atoms with Crippen LogP contribution in [0.4, 0.5) is 4.39 Å². The smallest absolute Gasteiger partial charge is 0.225 e. The van der Waals surface area contributed by atoms with Crippen LogP contribution in [0.2, 0.25) is 0 Å². The zero-order chi connectivity index (χ0) is 10.2. The predicted molar refractivity (Wildman–Crippen MR) is 50.2 cm³/mol. The van der Waals surface area contributed by atoms with E-state index in [1.54, 1.807) is 6.92 Å². The summed E-state index contributed by atoms with van der Waals surface area (Å²) in [7, 11) is -3.83. The van der Waals surface area contributed by atoms with Crippen molar-refractivity contribution in [2.75, 3.05) is 0 Å². The van der Waals surface area contributed by atoms with Gasteiger partial charge in [-0.25, -0.2) is 17.9 Å². The highest BCUT2D eigenvalue weighted by atomic mass is 79.9. The molecule has 0 aromatic heterocycles. The van der Waals surface area contributed by atoms with Crippen LogP contribution in [0.25, 0.3) is 0 Å². The third kappa shape index (κ3) is 2.26. The van der Waals surface area contributed by atoms with Crippen LogP contribution in [0.15, 0.2) is 21.5 Å². The van der Waals surface area contributed by atoms with Gasteiger partial charge in [0.05, 0.1) is 9.37 Å². The minimum atomic E-state index is -3.83. The Kier molecular flexibility index (Phi) is 2.74. The molecule has 0 fully saturated rings. The largest absolute Gasteiger partial charge is 0.238 e. The van der Waals surface area contributed by atoms with Crippen molar-refractivity contribution in [2.24, 2.45) is 5.14 Å². The number of halogens is 2. The quantitative estimate of drug-likeness (QED) is 0.839. The van der Waals surface area contributed by atoms with E-state index in [1.165, 1.54) is 6.07 Å². The second kappa shape index (κ2) is 3.36. The predicted octanol–water partition coefficient (Wildman–Crippen LogP) is 1.54. The molecule has 0 bridgehead atoms. The molecule has 3 nitrogen and oxygen atoms in total. The molecule has 0 saturated heterocycles. The fourth-order valence-electron chi connectivity index (χ4n) is 0.935. The molecule has 0 saturated carbocycles. The Bertz CT molecular complexity index is 444. The summed E-state index contributed by atoms with van der Waals surface area (Å²) >= 11 is 2.94. The summed E-state index contributed by atoms with van der Waals surface area (Å²) in [5, 5.41) is 4.87. The van der Waals surface area contributed by atoms with Crippen molar-refractivity contribution >= 4 is 26.0 Å². The first kappa shape index (κ1) is 10.6. The summed E-state index contributed by atoms with van der Waals surface area (Å²) in [6.07, 6.45) is 0. The van der Waals surface area contributed by atoms with Crippen LogP contribution >= 0.6 is 15.9 Å². The van der Waals surface area contributed by atoms with Crippen molar-refractivity contribution < 1.29 is 12.8 Å². The lowest BCUT2D eigenvalue weighted by Gasteiger charge is -2.04.